The number of anilines is 1. The zero-order valence-electron chi connectivity index (χ0n) is 11.6. The zero-order valence-corrected chi connectivity index (χ0v) is 12.4. The van der Waals surface area contributed by atoms with Gasteiger partial charge in [-0.3, -0.25) is 0 Å². The van der Waals surface area contributed by atoms with Crippen molar-refractivity contribution in [2.45, 2.75) is 19.9 Å². The maximum absolute atomic E-state index is 6.08. The predicted molar refractivity (Wildman–Crippen MR) is 81.4 cm³/mol. The molecular formula is C14H16N4OS. The minimum atomic E-state index is 0.0470. The van der Waals surface area contributed by atoms with E-state index in [1.54, 1.807) is 18.4 Å². The number of hydrogen-bond donors (Lipinski definition) is 1. The van der Waals surface area contributed by atoms with Crippen molar-refractivity contribution in [3.8, 4) is 5.75 Å². The van der Waals surface area contributed by atoms with Crippen molar-refractivity contribution >= 4 is 28.3 Å². The highest BCUT2D eigenvalue weighted by atomic mass is 32.1. The predicted octanol–water partition coefficient (Wildman–Crippen LogP) is 3.00. The normalized spacial score (nSPS) is 12.8. The van der Waals surface area contributed by atoms with Gasteiger partial charge >= 0.3 is 0 Å². The maximum atomic E-state index is 6.08. The molecule has 0 bridgehead atoms. The molecule has 0 aliphatic rings. The van der Waals surface area contributed by atoms with E-state index in [4.69, 9.17) is 10.5 Å². The molecular weight excluding hydrogens is 272 g/mol. The number of ether oxygens (including phenoxy) is 1. The van der Waals surface area contributed by atoms with E-state index >= 15 is 0 Å². The molecule has 0 aliphatic heterocycles. The van der Waals surface area contributed by atoms with Crippen LogP contribution in [0.5, 0.6) is 5.75 Å². The molecule has 1 aromatic carbocycles. The number of aromatic nitrogens is 3. The van der Waals surface area contributed by atoms with Gasteiger partial charge in [-0.05, 0) is 26.0 Å². The second-order valence-corrected chi connectivity index (χ2v) is 5.95. The Hall–Kier alpha value is -2.08. The molecule has 0 saturated carbocycles. The third kappa shape index (κ3) is 2.02. The number of nitrogens with two attached hydrogens (primary N) is 1. The molecule has 1 atom stereocenters. The quantitative estimate of drug-likeness (QED) is 0.804. The summed E-state index contributed by atoms with van der Waals surface area (Å²) in [5.41, 5.74) is 7.90. The van der Waals surface area contributed by atoms with Gasteiger partial charge in [0, 0.05) is 17.1 Å². The molecule has 0 amide bonds. The molecule has 104 valence electrons. The summed E-state index contributed by atoms with van der Waals surface area (Å²) in [7, 11) is 1.65. The van der Waals surface area contributed by atoms with Crippen LogP contribution in [0.4, 0.5) is 5.95 Å². The van der Waals surface area contributed by atoms with Crippen LogP contribution < -0.4 is 10.5 Å². The highest BCUT2D eigenvalue weighted by Crippen LogP contribution is 2.31. The SMILES string of the molecule is COc1ccc2nc(N)n(C(C)c3ncc(C)s3)c2c1. The van der Waals surface area contributed by atoms with Crippen LogP contribution in [0.25, 0.3) is 11.0 Å². The lowest BCUT2D eigenvalue weighted by molar-refractivity contribution is 0.415. The van der Waals surface area contributed by atoms with Crippen molar-refractivity contribution in [3.63, 3.8) is 0 Å². The monoisotopic (exact) mass is 288 g/mol. The Morgan fingerprint density at radius 3 is 2.85 bits per heavy atom. The number of aryl methyl sites for hydroxylation is 1. The minimum Gasteiger partial charge on any atom is -0.497 e. The summed E-state index contributed by atoms with van der Waals surface area (Å²) >= 11 is 1.67. The van der Waals surface area contributed by atoms with Crippen LogP contribution >= 0.6 is 11.3 Å². The first kappa shape index (κ1) is 12.9. The highest BCUT2D eigenvalue weighted by molar-refractivity contribution is 7.11. The van der Waals surface area contributed by atoms with Crippen LogP contribution in [-0.4, -0.2) is 21.6 Å². The van der Waals surface area contributed by atoms with E-state index < -0.39 is 0 Å². The molecule has 5 nitrogen and oxygen atoms in total. The average molecular weight is 288 g/mol. The van der Waals surface area contributed by atoms with Crippen molar-refractivity contribution in [2.24, 2.45) is 0 Å². The van der Waals surface area contributed by atoms with E-state index in [1.165, 1.54) is 4.88 Å². The number of fused-ring (bicyclic) bond motifs is 1. The molecule has 0 saturated heterocycles. The Morgan fingerprint density at radius 1 is 1.40 bits per heavy atom. The smallest absolute Gasteiger partial charge is 0.201 e. The van der Waals surface area contributed by atoms with E-state index in [1.807, 2.05) is 35.9 Å². The molecule has 2 N–H and O–H groups in total. The number of benzene rings is 1. The van der Waals surface area contributed by atoms with E-state index in [0.717, 1.165) is 21.8 Å². The van der Waals surface area contributed by atoms with Crippen LogP contribution in [0, 0.1) is 6.92 Å². The molecule has 0 aliphatic carbocycles. The fraction of sp³-hybridized carbons (Fsp3) is 0.286. The van der Waals surface area contributed by atoms with E-state index in [-0.39, 0.29) is 6.04 Å². The van der Waals surface area contributed by atoms with E-state index in [9.17, 15) is 0 Å². The number of thiazole rings is 1. The van der Waals surface area contributed by atoms with Gasteiger partial charge in [-0.15, -0.1) is 11.3 Å². The Bertz CT molecular complexity index is 762. The Balaban J connectivity index is 2.16. The number of rotatable bonds is 3. The fourth-order valence-corrected chi connectivity index (χ4v) is 3.12. The highest BCUT2D eigenvalue weighted by Gasteiger charge is 2.18. The number of nitrogen functional groups attached to an aromatic ring is 1. The van der Waals surface area contributed by atoms with Gasteiger partial charge in [-0.2, -0.15) is 0 Å². The molecule has 6 heteroatoms. The summed E-state index contributed by atoms with van der Waals surface area (Å²) in [6.07, 6.45) is 1.88. The van der Waals surface area contributed by atoms with Gasteiger partial charge in [0.15, 0.2) is 0 Å². The maximum Gasteiger partial charge on any atom is 0.201 e. The summed E-state index contributed by atoms with van der Waals surface area (Å²) < 4.78 is 7.28. The Kier molecular flexibility index (Phi) is 3.10. The van der Waals surface area contributed by atoms with Crippen molar-refractivity contribution in [1.29, 1.82) is 0 Å². The lowest BCUT2D eigenvalue weighted by Gasteiger charge is -2.13. The van der Waals surface area contributed by atoms with Crippen LogP contribution in [-0.2, 0) is 0 Å². The molecule has 0 spiro atoms. The van der Waals surface area contributed by atoms with Gasteiger partial charge < -0.3 is 15.0 Å². The van der Waals surface area contributed by atoms with Gasteiger partial charge in [0.2, 0.25) is 5.95 Å². The largest absolute Gasteiger partial charge is 0.497 e. The van der Waals surface area contributed by atoms with Gasteiger partial charge in [0.25, 0.3) is 0 Å². The van der Waals surface area contributed by atoms with Gasteiger partial charge in [0.1, 0.15) is 10.8 Å². The molecule has 0 fully saturated rings. The standard InChI is InChI=1S/C14H16N4OS/c1-8-7-16-13(20-8)9(2)18-12-6-10(19-3)4-5-11(12)17-14(18)15/h4-7,9H,1-3H3,(H2,15,17). The van der Waals surface area contributed by atoms with Gasteiger partial charge in [-0.25, -0.2) is 9.97 Å². The summed E-state index contributed by atoms with van der Waals surface area (Å²) in [6, 6.07) is 5.80. The minimum absolute atomic E-state index is 0.0470. The lowest BCUT2D eigenvalue weighted by Crippen LogP contribution is -2.09. The summed E-state index contributed by atoms with van der Waals surface area (Å²) in [4.78, 5) is 10.0. The van der Waals surface area contributed by atoms with Crippen molar-refractivity contribution < 1.29 is 4.74 Å². The number of nitrogens with zero attached hydrogens (tertiary/aromatic N) is 3. The summed E-state index contributed by atoms with van der Waals surface area (Å²) in [6.45, 7) is 4.13. The average Bonchev–Trinajstić information content (AvgIpc) is 3.00. The number of imidazole rings is 1. The summed E-state index contributed by atoms with van der Waals surface area (Å²) in [5, 5.41) is 1.02. The summed E-state index contributed by atoms with van der Waals surface area (Å²) in [5.74, 6) is 1.29. The van der Waals surface area contributed by atoms with Gasteiger partial charge in [0.05, 0.1) is 24.2 Å². The van der Waals surface area contributed by atoms with Crippen molar-refractivity contribution in [3.05, 3.63) is 34.3 Å². The Morgan fingerprint density at radius 2 is 2.20 bits per heavy atom. The second kappa shape index (κ2) is 4.79. The molecule has 2 heterocycles. The first-order valence-corrected chi connectivity index (χ1v) is 7.15. The topological polar surface area (TPSA) is 66.0 Å². The Labute approximate surface area is 121 Å². The van der Waals surface area contributed by atoms with Crippen LogP contribution in [0.1, 0.15) is 22.9 Å². The zero-order chi connectivity index (χ0) is 14.3. The molecule has 0 radical (unpaired) electrons. The van der Waals surface area contributed by atoms with Crippen LogP contribution in [0.3, 0.4) is 0 Å². The first-order valence-electron chi connectivity index (χ1n) is 6.34. The van der Waals surface area contributed by atoms with E-state index in [2.05, 4.69) is 16.9 Å². The third-order valence-corrected chi connectivity index (χ3v) is 4.39. The molecule has 1 unspecified atom stereocenters. The van der Waals surface area contributed by atoms with Crippen molar-refractivity contribution in [2.75, 3.05) is 12.8 Å². The number of methoxy groups -OCH3 is 1. The van der Waals surface area contributed by atoms with Crippen LogP contribution in [0.15, 0.2) is 24.4 Å². The lowest BCUT2D eigenvalue weighted by atomic mass is 10.2. The number of hydrogen-bond acceptors (Lipinski definition) is 5. The van der Waals surface area contributed by atoms with Crippen molar-refractivity contribution in [1.82, 2.24) is 14.5 Å². The molecule has 2 aromatic heterocycles. The molecule has 3 rings (SSSR count). The van der Waals surface area contributed by atoms with Gasteiger partial charge in [-0.1, -0.05) is 0 Å². The molecule has 3 aromatic rings. The first-order chi connectivity index (χ1) is 9.60. The van der Waals surface area contributed by atoms with Crippen LogP contribution in [0.2, 0.25) is 0 Å². The fourth-order valence-electron chi connectivity index (χ4n) is 2.30. The third-order valence-electron chi connectivity index (χ3n) is 3.31. The van der Waals surface area contributed by atoms with E-state index in [0.29, 0.717) is 5.95 Å². The second-order valence-electron chi connectivity index (χ2n) is 4.68. The molecule has 20 heavy (non-hydrogen) atoms.